The molecule has 7 heteroatoms. The summed E-state index contributed by atoms with van der Waals surface area (Å²) in [5.74, 6) is 0.594. The summed E-state index contributed by atoms with van der Waals surface area (Å²) in [6.45, 7) is 6.43. The third-order valence-electron chi connectivity index (χ3n) is 5.44. The number of ether oxygens (including phenoxy) is 2. The smallest absolute Gasteiger partial charge is 0.223 e. The minimum Gasteiger partial charge on any atom is -0.474 e. The van der Waals surface area contributed by atoms with Crippen LogP contribution in [0, 0.1) is 0 Å². The van der Waals surface area contributed by atoms with Crippen molar-refractivity contribution in [2.24, 2.45) is 0 Å². The number of morpholine rings is 1. The van der Waals surface area contributed by atoms with Gasteiger partial charge in [-0.15, -0.1) is 0 Å². The molecule has 3 aromatic heterocycles. The van der Waals surface area contributed by atoms with Gasteiger partial charge in [0, 0.05) is 37.1 Å². The van der Waals surface area contributed by atoms with Gasteiger partial charge in [-0.3, -0.25) is 9.67 Å². The van der Waals surface area contributed by atoms with Gasteiger partial charge < -0.3 is 14.8 Å². The predicted molar refractivity (Wildman–Crippen MR) is 106 cm³/mol. The zero-order valence-electron chi connectivity index (χ0n) is 16.3. The van der Waals surface area contributed by atoms with Crippen molar-refractivity contribution in [3.63, 3.8) is 0 Å². The van der Waals surface area contributed by atoms with Gasteiger partial charge in [-0.2, -0.15) is 5.10 Å². The third-order valence-corrected chi connectivity index (χ3v) is 5.44. The SMILES string of the molecule is CC(C)n1cc(-c2cc3ncccc3c(OC[C@@H]3CNCC4(CC4)O3)n2)cn1. The molecule has 146 valence electrons. The van der Waals surface area contributed by atoms with Gasteiger partial charge in [-0.25, -0.2) is 4.98 Å². The van der Waals surface area contributed by atoms with E-state index >= 15 is 0 Å². The number of aromatic nitrogens is 4. The average molecular weight is 379 g/mol. The van der Waals surface area contributed by atoms with E-state index in [4.69, 9.17) is 14.5 Å². The molecule has 4 heterocycles. The van der Waals surface area contributed by atoms with Crippen molar-refractivity contribution in [3.8, 4) is 17.1 Å². The highest BCUT2D eigenvalue weighted by Crippen LogP contribution is 2.41. The summed E-state index contributed by atoms with van der Waals surface area (Å²) >= 11 is 0. The molecule has 28 heavy (non-hydrogen) atoms. The van der Waals surface area contributed by atoms with Crippen molar-refractivity contribution in [2.75, 3.05) is 19.7 Å². The summed E-state index contributed by atoms with van der Waals surface area (Å²) in [4.78, 5) is 9.30. The second kappa shape index (κ2) is 6.83. The second-order valence-electron chi connectivity index (χ2n) is 8.05. The molecular weight excluding hydrogens is 354 g/mol. The Morgan fingerprint density at radius 1 is 1.39 bits per heavy atom. The number of rotatable bonds is 5. The Hall–Kier alpha value is -2.51. The van der Waals surface area contributed by atoms with Crippen LogP contribution >= 0.6 is 0 Å². The number of nitrogens with one attached hydrogen (secondary N) is 1. The summed E-state index contributed by atoms with van der Waals surface area (Å²) in [7, 11) is 0. The molecular formula is C21H25N5O2. The lowest BCUT2D eigenvalue weighted by Crippen LogP contribution is -2.48. The second-order valence-corrected chi connectivity index (χ2v) is 8.05. The molecule has 1 N–H and O–H groups in total. The highest BCUT2D eigenvalue weighted by Gasteiger charge is 2.47. The van der Waals surface area contributed by atoms with Gasteiger partial charge in [-0.1, -0.05) is 0 Å². The Balaban J connectivity index is 1.43. The summed E-state index contributed by atoms with van der Waals surface area (Å²) in [5.41, 5.74) is 2.69. The van der Waals surface area contributed by atoms with E-state index in [1.165, 1.54) is 0 Å². The van der Waals surface area contributed by atoms with E-state index in [9.17, 15) is 0 Å². The number of fused-ring (bicyclic) bond motifs is 1. The van der Waals surface area contributed by atoms with Crippen LogP contribution in [0.15, 0.2) is 36.8 Å². The van der Waals surface area contributed by atoms with Crippen molar-refractivity contribution in [2.45, 2.75) is 44.4 Å². The highest BCUT2D eigenvalue weighted by molar-refractivity contribution is 5.86. The minimum absolute atomic E-state index is 0.0390. The van der Waals surface area contributed by atoms with Crippen molar-refractivity contribution in [3.05, 3.63) is 36.8 Å². The number of hydrogen-bond donors (Lipinski definition) is 1. The van der Waals surface area contributed by atoms with E-state index in [0.29, 0.717) is 18.5 Å². The molecule has 0 unspecified atom stereocenters. The molecule has 0 radical (unpaired) electrons. The first-order valence-electron chi connectivity index (χ1n) is 9.94. The molecule has 3 aromatic rings. The Morgan fingerprint density at radius 3 is 3.07 bits per heavy atom. The maximum Gasteiger partial charge on any atom is 0.223 e. The van der Waals surface area contributed by atoms with Crippen molar-refractivity contribution < 1.29 is 9.47 Å². The lowest BCUT2D eigenvalue weighted by atomic mass is 10.2. The molecule has 2 fully saturated rings. The van der Waals surface area contributed by atoms with E-state index in [1.54, 1.807) is 6.20 Å². The largest absolute Gasteiger partial charge is 0.474 e. The topological polar surface area (TPSA) is 74.1 Å². The van der Waals surface area contributed by atoms with E-state index < -0.39 is 0 Å². The van der Waals surface area contributed by atoms with Crippen LogP contribution in [0.5, 0.6) is 5.88 Å². The fraction of sp³-hybridized carbons (Fsp3) is 0.476. The monoisotopic (exact) mass is 379 g/mol. The van der Waals surface area contributed by atoms with Crippen LogP contribution in [0.4, 0.5) is 0 Å². The van der Waals surface area contributed by atoms with Crippen LogP contribution in [0.25, 0.3) is 22.2 Å². The molecule has 0 bridgehead atoms. The first-order chi connectivity index (χ1) is 13.6. The predicted octanol–water partition coefficient (Wildman–Crippen LogP) is 2.97. The van der Waals surface area contributed by atoms with Crippen molar-refractivity contribution in [1.29, 1.82) is 0 Å². The Kier molecular flexibility index (Phi) is 4.29. The third kappa shape index (κ3) is 3.36. The Bertz CT molecular complexity index is 995. The molecule has 1 saturated heterocycles. The Morgan fingerprint density at radius 2 is 2.29 bits per heavy atom. The van der Waals surface area contributed by atoms with Crippen LogP contribution in [0.3, 0.4) is 0 Å². The summed E-state index contributed by atoms with van der Waals surface area (Å²) in [6.07, 6.45) is 7.95. The maximum atomic E-state index is 6.22. The van der Waals surface area contributed by atoms with Crippen LogP contribution in [-0.4, -0.2) is 51.1 Å². The summed E-state index contributed by atoms with van der Waals surface area (Å²) in [6, 6.07) is 6.19. The van der Waals surface area contributed by atoms with E-state index in [2.05, 4.69) is 29.2 Å². The molecule has 2 aliphatic rings. The van der Waals surface area contributed by atoms with E-state index in [1.807, 2.05) is 35.3 Å². The average Bonchev–Trinajstić information content (AvgIpc) is 3.25. The minimum atomic E-state index is 0.0390. The lowest BCUT2D eigenvalue weighted by molar-refractivity contribution is -0.0716. The molecule has 0 amide bonds. The van der Waals surface area contributed by atoms with Crippen LogP contribution in [0.2, 0.25) is 0 Å². The standard InChI is InChI=1S/C21H25N5O2/c1-14(2)26-11-15(9-24-26)18-8-19-17(4-3-7-23-19)20(25-18)27-12-16-10-22-13-21(28-16)5-6-21/h3-4,7-9,11,14,16,22H,5-6,10,12-13H2,1-2H3/t16-/m0/s1. The summed E-state index contributed by atoms with van der Waals surface area (Å²) < 4.78 is 14.3. The lowest BCUT2D eigenvalue weighted by Gasteiger charge is -2.30. The normalized spacial score (nSPS) is 20.8. The summed E-state index contributed by atoms with van der Waals surface area (Å²) in [5, 5.41) is 8.80. The van der Waals surface area contributed by atoms with E-state index in [0.717, 1.165) is 48.1 Å². The van der Waals surface area contributed by atoms with Crippen LogP contribution in [-0.2, 0) is 4.74 Å². The highest BCUT2D eigenvalue weighted by atomic mass is 16.6. The molecule has 1 spiro atoms. The molecule has 1 saturated carbocycles. The Labute approximate surface area is 164 Å². The van der Waals surface area contributed by atoms with Gasteiger partial charge in [0.1, 0.15) is 12.7 Å². The van der Waals surface area contributed by atoms with Crippen LogP contribution in [0.1, 0.15) is 32.7 Å². The number of nitrogens with zero attached hydrogens (tertiary/aromatic N) is 4. The zero-order chi connectivity index (χ0) is 19.1. The quantitative estimate of drug-likeness (QED) is 0.735. The van der Waals surface area contributed by atoms with Gasteiger partial charge in [-0.05, 0) is 44.9 Å². The fourth-order valence-corrected chi connectivity index (χ4v) is 3.65. The first kappa shape index (κ1) is 17.6. The van der Waals surface area contributed by atoms with Gasteiger partial charge in [0.05, 0.1) is 28.4 Å². The molecule has 7 nitrogen and oxygen atoms in total. The van der Waals surface area contributed by atoms with Crippen LogP contribution < -0.4 is 10.1 Å². The molecule has 5 rings (SSSR count). The fourth-order valence-electron chi connectivity index (χ4n) is 3.65. The van der Waals surface area contributed by atoms with Crippen molar-refractivity contribution in [1.82, 2.24) is 25.1 Å². The molecule has 1 aliphatic heterocycles. The number of pyridine rings is 2. The first-order valence-corrected chi connectivity index (χ1v) is 9.94. The molecule has 0 aromatic carbocycles. The van der Waals surface area contributed by atoms with Gasteiger partial charge in [0.15, 0.2) is 0 Å². The molecule has 1 atom stereocenters. The van der Waals surface area contributed by atoms with Gasteiger partial charge in [0.25, 0.3) is 0 Å². The number of hydrogen-bond acceptors (Lipinski definition) is 6. The zero-order valence-corrected chi connectivity index (χ0v) is 16.3. The molecule has 1 aliphatic carbocycles. The van der Waals surface area contributed by atoms with E-state index in [-0.39, 0.29) is 11.7 Å². The van der Waals surface area contributed by atoms with Crippen molar-refractivity contribution >= 4 is 10.9 Å². The van der Waals surface area contributed by atoms with Gasteiger partial charge in [0.2, 0.25) is 5.88 Å². The maximum absolute atomic E-state index is 6.22. The van der Waals surface area contributed by atoms with Gasteiger partial charge >= 0.3 is 0 Å².